The first-order valence-electron chi connectivity index (χ1n) is 6.13. The molecule has 1 aromatic carbocycles. The Hall–Kier alpha value is -1.26. The van der Waals surface area contributed by atoms with Crippen LogP contribution in [0.1, 0.15) is 26.3 Å². The van der Waals surface area contributed by atoms with Crippen LogP contribution in [-0.2, 0) is 6.54 Å². The van der Waals surface area contributed by atoms with E-state index in [0.717, 1.165) is 5.56 Å². The molecule has 0 bridgehead atoms. The molecule has 4 heteroatoms. The van der Waals surface area contributed by atoms with E-state index < -0.39 is 5.60 Å². The van der Waals surface area contributed by atoms with Crippen LogP contribution in [0.2, 0.25) is 0 Å². The summed E-state index contributed by atoms with van der Waals surface area (Å²) in [4.78, 5) is 0. The Labute approximate surface area is 109 Å². The minimum Gasteiger partial charge on any atom is -0.493 e. The summed E-state index contributed by atoms with van der Waals surface area (Å²) in [6, 6.07) is 5.56. The zero-order valence-electron chi connectivity index (χ0n) is 11.6. The summed E-state index contributed by atoms with van der Waals surface area (Å²) in [6.45, 7) is 6.33. The molecule has 0 saturated carbocycles. The Morgan fingerprint density at radius 2 is 2.00 bits per heavy atom. The molecule has 1 atom stereocenters. The van der Waals surface area contributed by atoms with Crippen LogP contribution in [0.25, 0.3) is 0 Å². The monoisotopic (exact) mass is 253 g/mol. The van der Waals surface area contributed by atoms with Crippen molar-refractivity contribution in [1.29, 1.82) is 0 Å². The number of ether oxygens (including phenoxy) is 2. The van der Waals surface area contributed by atoms with E-state index in [1.165, 1.54) is 0 Å². The van der Waals surface area contributed by atoms with Gasteiger partial charge in [0.1, 0.15) is 6.61 Å². The molecule has 0 amide bonds. The van der Waals surface area contributed by atoms with Gasteiger partial charge in [0.05, 0.1) is 12.7 Å². The third-order valence-corrected chi connectivity index (χ3v) is 3.23. The highest BCUT2D eigenvalue weighted by atomic mass is 16.5. The van der Waals surface area contributed by atoms with Gasteiger partial charge in [-0.2, -0.15) is 0 Å². The predicted octanol–water partition coefficient (Wildman–Crippen LogP) is 1.94. The van der Waals surface area contributed by atoms with Crippen molar-refractivity contribution in [2.75, 3.05) is 13.7 Å². The molecule has 3 N–H and O–H groups in total. The first-order chi connectivity index (χ1) is 8.40. The second kappa shape index (κ2) is 6.07. The molecule has 1 aromatic rings. The highest BCUT2D eigenvalue weighted by molar-refractivity contribution is 5.43. The molecule has 0 spiro atoms. The molecule has 1 rings (SSSR count). The Kier molecular flexibility index (Phi) is 4.99. The van der Waals surface area contributed by atoms with Crippen LogP contribution in [0.15, 0.2) is 18.2 Å². The normalized spacial score (nSPS) is 14.4. The molecule has 0 aliphatic rings. The lowest BCUT2D eigenvalue weighted by molar-refractivity contribution is -0.0271. The first kappa shape index (κ1) is 14.8. The fourth-order valence-corrected chi connectivity index (χ4v) is 1.35. The van der Waals surface area contributed by atoms with Crippen molar-refractivity contribution in [2.45, 2.75) is 32.9 Å². The van der Waals surface area contributed by atoms with Gasteiger partial charge in [0.15, 0.2) is 11.5 Å². The number of rotatable bonds is 6. The summed E-state index contributed by atoms with van der Waals surface area (Å²) in [7, 11) is 1.59. The highest BCUT2D eigenvalue weighted by Crippen LogP contribution is 2.29. The average Bonchev–Trinajstić information content (AvgIpc) is 2.35. The van der Waals surface area contributed by atoms with Gasteiger partial charge < -0.3 is 20.3 Å². The van der Waals surface area contributed by atoms with Crippen LogP contribution >= 0.6 is 0 Å². The predicted molar refractivity (Wildman–Crippen MR) is 71.8 cm³/mol. The number of hydrogen-bond acceptors (Lipinski definition) is 4. The molecule has 0 aromatic heterocycles. The van der Waals surface area contributed by atoms with Gasteiger partial charge in [-0.1, -0.05) is 19.9 Å². The Balaban J connectivity index is 2.83. The van der Waals surface area contributed by atoms with Crippen LogP contribution in [0.5, 0.6) is 11.5 Å². The van der Waals surface area contributed by atoms with Crippen LogP contribution in [0, 0.1) is 5.92 Å². The molecule has 0 saturated heterocycles. The van der Waals surface area contributed by atoms with Gasteiger partial charge in [0, 0.05) is 6.54 Å². The van der Waals surface area contributed by atoms with Gasteiger partial charge in [0.25, 0.3) is 0 Å². The Bertz CT molecular complexity index is 389. The Morgan fingerprint density at radius 3 is 2.50 bits per heavy atom. The molecule has 0 fully saturated rings. The summed E-state index contributed by atoms with van der Waals surface area (Å²) in [5.41, 5.74) is 5.69. The van der Waals surface area contributed by atoms with Crippen LogP contribution in [0.3, 0.4) is 0 Å². The molecule has 0 aliphatic heterocycles. The van der Waals surface area contributed by atoms with Gasteiger partial charge in [0.2, 0.25) is 0 Å². The largest absolute Gasteiger partial charge is 0.493 e. The maximum Gasteiger partial charge on any atom is 0.161 e. The van der Waals surface area contributed by atoms with E-state index in [-0.39, 0.29) is 12.5 Å². The lowest BCUT2D eigenvalue weighted by Gasteiger charge is -2.27. The van der Waals surface area contributed by atoms with Gasteiger partial charge >= 0.3 is 0 Å². The van der Waals surface area contributed by atoms with Gasteiger partial charge in [-0.05, 0) is 30.5 Å². The second-order valence-electron chi connectivity index (χ2n) is 4.99. The van der Waals surface area contributed by atoms with Crippen molar-refractivity contribution in [3.8, 4) is 11.5 Å². The summed E-state index contributed by atoms with van der Waals surface area (Å²) >= 11 is 0. The smallest absolute Gasteiger partial charge is 0.161 e. The maximum atomic E-state index is 10.2. The van der Waals surface area contributed by atoms with E-state index in [9.17, 15) is 5.11 Å². The fourth-order valence-electron chi connectivity index (χ4n) is 1.35. The lowest BCUT2D eigenvalue weighted by atomic mass is 9.94. The topological polar surface area (TPSA) is 64.7 Å². The number of methoxy groups -OCH3 is 1. The summed E-state index contributed by atoms with van der Waals surface area (Å²) in [5, 5.41) is 10.2. The maximum absolute atomic E-state index is 10.2. The fraction of sp³-hybridized carbons (Fsp3) is 0.571. The SMILES string of the molecule is COc1ccc(CN)cc1OCC(C)(O)C(C)C. The Morgan fingerprint density at radius 1 is 1.33 bits per heavy atom. The van der Waals surface area contributed by atoms with Gasteiger partial charge in [-0.3, -0.25) is 0 Å². The number of aliphatic hydroxyl groups is 1. The van der Waals surface area contributed by atoms with E-state index in [2.05, 4.69) is 0 Å². The number of hydrogen-bond donors (Lipinski definition) is 2. The molecule has 18 heavy (non-hydrogen) atoms. The summed E-state index contributed by atoms with van der Waals surface area (Å²) in [6.07, 6.45) is 0. The van der Waals surface area contributed by atoms with Crippen molar-refractivity contribution in [3.05, 3.63) is 23.8 Å². The van der Waals surface area contributed by atoms with Crippen molar-refractivity contribution in [2.24, 2.45) is 11.7 Å². The standard InChI is InChI=1S/C14H23NO3/c1-10(2)14(3,16)9-18-13-7-11(8-15)5-6-12(13)17-4/h5-7,10,16H,8-9,15H2,1-4H3. The van der Waals surface area contributed by atoms with Crippen molar-refractivity contribution < 1.29 is 14.6 Å². The van der Waals surface area contributed by atoms with Gasteiger partial charge in [-0.15, -0.1) is 0 Å². The quantitative estimate of drug-likeness (QED) is 0.813. The zero-order valence-corrected chi connectivity index (χ0v) is 11.6. The van der Waals surface area contributed by atoms with Crippen LogP contribution in [-0.4, -0.2) is 24.4 Å². The first-order valence-corrected chi connectivity index (χ1v) is 6.13. The van der Waals surface area contributed by atoms with Gasteiger partial charge in [-0.25, -0.2) is 0 Å². The molecule has 4 nitrogen and oxygen atoms in total. The van der Waals surface area contributed by atoms with Crippen LogP contribution in [0.4, 0.5) is 0 Å². The molecule has 0 heterocycles. The second-order valence-corrected chi connectivity index (χ2v) is 4.99. The van der Waals surface area contributed by atoms with E-state index in [4.69, 9.17) is 15.2 Å². The molecule has 0 radical (unpaired) electrons. The van der Waals surface area contributed by atoms with Crippen molar-refractivity contribution in [3.63, 3.8) is 0 Å². The van der Waals surface area contributed by atoms with E-state index in [1.807, 2.05) is 32.0 Å². The zero-order chi connectivity index (χ0) is 13.8. The van der Waals surface area contributed by atoms with E-state index in [0.29, 0.717) is 18.0 Å². The number of benzene rings is 1. The molecular weight excluding hydrogens is 230 g/mol. The lowest BCUT2D eigenvalue weighted by Crippen LogP contribution is -2.37. The minimum atomic E-state index is -0.871. The van der Waals surface area contributed by atoms with Crippen molar-refractivity contribution in [1.82, 2.24) is 0 Å². The molecule has 1 unspecified atom stereocenters. The van der Waals surface area contributed by atoms with E-state index in [1.54, 1.807) is 14.0 Å². The third-order valence-electron chi connectivity index (χ3n) is 3.23. The van der Waals surface area contributed by atoms with E-state index >= 15 is 0 Å². The summed E-state index contributed by atoms with van der Waals surface area (Å²) in [5.74, 6) is 1.37. The van der Waals surface area contributed by atoms with Crippen molar-refractivity contribution >= 4 is 0 Å². The average molecular weight is 253 g/mol. The third kappa shape index (κ3) is 3.62. The van der Waals surface area contributed by atoms with Crippen LogP contribution < -0.4 is 15.2 Å². The molecule has 102 valence electrons. The highest BCUT2D eigenvalue weighted by Gasteiger charge is 2.26. The number of nitrogens with two attached hydrogens (primary N) is 1. The summed E-state index contributed by atoms with van der Waals surface area (Å²) < 4.78 is 10.9. The minimum absolute atomic E-state index is 0.112. The molecular formula is C14H23NO3. The molecule has 0 aliphatic carbocycles.